The number of carboxylic acid groups (broad SMARTS) is 1. The van der Waals surface area contributed by atoms with Crippen LogP contribution in [0.4, 0.5) is 0 Å². The minimum absolute atomic E-state index is 0.179. The fourth-order valence-corrected chi connectivity index (χ4v) is 4.77. The average molecular weight is 358 g/mol. The van der Waals surface area contributed by atoms with Crippen LogP contribution in [0.25, 0.3) is 0 Å². The van der Waals surface area contributed by atoms with Crippen molar-refractivity contribution in [2.45, 2.75) is 18.1 Å². The number of aliphatic carboxylic acids is 1. The number of nitrogens with zero attached hydrogens (tertiary/aromatic N) is 1. The van der Waals surface area contributed by atoms with E-state index in [1.807, 2.05) is 0 Å². The highest BCUT2D eigenvalue weighted by Crippen LogP contribution is 2.63. The number of sulfone groups is 1. The zero-order valence-corrected chi connectivity index (χ0v) is 13.0. The number of nitriles is 1. The second-order valence-corrected chi connectivity index (χ2v) is 8.01. The van der Waals surface area contributed by atoms with Gasteiger partial charge in [-0.2, -0.15) is 5.26 Å². The smallest absolute Gasteiger partial charge is 0.326 e. The van der Waals surface area contributed by atoms with E-state index in [-0.39, 0.29) is 5.75 Å². The molecule has 2 rings (SSSR count). The van der Waals surface area contributed by atoms with Gasteiger partial charge in [-0.1, -0.05) is 35.0 Å². The molecule has 1 N–H and O–H groups in total. The van der Waals surface area contributed by atoms with Gasteiger partial charge >= 0.3 is 5.97 Å². The molecule has 3 atom stereocenters. The van der Waals surface area contributed by atoms with E-state index in [1.165, 1.54) is 6.92 Å². The van der Waals surface area contributed by atoms with Crippen LogP contribution < -0.4 is 0 Å². The van der Waals surface area contributed by atoms with Gasteiger partial charge in [0.15, 0.2) is 15.3 Å². The Balaban J connectivity index is 2.54. The van der Waals surface area contributed by atoms with Gasteiger partial charge in [-0.3, -0.25) is 4.79 Å². The van der Waals surface area contributed by atoms with Crippen LogP contribution in [0.1, 0.15) is 18.4 Å². The second kappa shape index (κ2) is 4.86. The van der Waals surface area contributed by atoms with Crippen molar-refractivity contribution in [1.82, 2.24) is 0 Å². The number of hydrogen-bond acceptors (Lipinski definition) is 4. The molecule has 1 aliphatic rings. The maximum Gasteiger partial charge on any atom is 0.326 e. The zero-order chi connectivity index (χ0) is 15.1. The van der Waals surface area contributed by atoms with E-state index in [9.17, 15) is 23.6 Å². The first-order valence-electron chi connectivity index (χ1n) is 5.93. The topological polar surface area (TPSA) is 95.2 Å². The molecule has 1 aromatic carbocycles. The highest BCUT2D eigenvalue weighted by Gasteiger charge is 2.76. The van der Waals surface area contributed by atoms with Crippen LogP contribution in [0.2, 0.25) is 0 Å². The summed E-state index contributed by atoms with van der Waals surface area (Å²) in [4.78, 5) is 11.4. The van der Waals surface area contributed by atoms with E-state index >= 15 is 0 Å². The van der Waals surface area contributed by atoms with Crippen molar-refractivity contribution in [2.75, 3.05) is 5.75 Å². The lowest BCUT2D eigenvalue weighted by Crippen LogP contribution is -2.23. The molecule has 20 heavy (non-hydrogen) atoms. The normalized spacial score (nSPS) is 28.6. The Morgan fingerprint density at radius 2 is 2.00 bits per heavy atom. The molecule has 0 heterocycles. The van der Waals surface area contributed by atoms with E-state index < -0.39 is 32.4 Å². The molecular weight excluding hydrogens is 346 g/mol. The lowest BCUT2D eigenvalue weighted by atomic mass is 10.0. The molecular formula is C13H12BrNO4S. The van der Waals surface area contributed by atoms with E-state index in [1.54, 1.807) is 30.3 Å². The monoisotopic (exact) mass is 357 g/mol. The van der Waals surface area contributed by atoms with Gasteiger partial charge in [-0.25, -0.2) is 8.42 Å². The molecule has 0 radical (unpaired) electrons. The second-order valence-electron chi connectivity index (χ2n) is 4.69. The first-order chi connectivity index (χ1) is 9.31. The Bertz CT molecular complexity index is 692. The van der Waals surface area contributed by atoms with E-state index in [0.717, 1.165) is 4.47 Å². The van der Waals surface area contributed by atoms with Crippen molar-refractivity contribution >= 4 is 31.7 Å². The molecule has 106 valence electrons. The number of carbonyl (C=O) groups is 1. The quantitative estimate of drug-likeness (QED) is 0.888. The van der Waals surface area contributed by atoms with Crippen molar-refractivity contribution in [3.05, 3.63) is 34.3 Å². The van der Waals surface area contributed by atoms with Gasteiger partial charge < -0.3 is 5.11 Å². The van der Waals surface area contributed by atoms with Crippen LogP contribution >= 0.6 is 15.9 Å². The fraction of sp³-hybridized carbons (Fsp3) is 0.385. The van der Waals surface area contributed by atoms with Crippen LogP contribution in [0.3, 0.4) is 0 Å². The van der Waals surface area contributed by atoms with Crippen LogP contribution in [0, 0.1) is 16.7 Å². The van der Waals surface area contributed by atoms with E-state index in [4.69, 9.17) is 0 Å². The summed E-state index contributed by atoms with van der Waals surface area (Å²) in [5.41, 5.74) is -1.32. The van der Waals surface area contributed by atoms with Gasteiger partial charge in [-0.15, -0.1) is 0 Å². The van der Waals surface area contributed by atoms with Gasteiger partial charge in [0.05, 0.1) is 6.07 Å². The standard InChI is InChI=1S/C13H12BrNO4S/c1-2-20(18,19)11-10(13(11,7-15)12(16)17)8-3-5-9(14)6-4-8/h3-6,10-11H,2H2,1H3,(H,16,17). The van der Waals surface area contributed by atoms with Crippen molar-refractivity contribution in [2.24, 2.45) is 5.41 Å². The van der Waals surface area contributed by atoms with E-state index in [2.05, 4.69) is 15.9 Å². The van der Waals surface area contributed by atoms with Crippen LogP contribution in [-0.4, -0.2) is 30.5 Å². The number of halogens is 1. The van der Waals surface area contributed by atoms with Crippen LogP contribution in [-0.2, 0) is 14.6 Å². The molecule has 0 amide bonds. The first kappa shape index (κ1) is 15.0. The summed E-state index contributed by atoms with van der Waals surface area (Å²) in [7, 11) is -3.61. The van der Waals surface area contributed by atoms with Crippen molar-refractivity contribution in [3.63, 3.8) is 0 Å². The van der Waals surface area contributed by atoms with Crippen LogP contribution in [0.5, 0.6) is 0 Å². The summed E-state index contributed by atoms with van der Waals surface area (Å²) in [6.07, 6.45) is 0. The number of carboxylic acids is 1. The molecule has 0 aromatic heterocycles. The third-order valence-corrected chi connectivity index (χ3v) is 6.44. The molecule has 1 fully saturated rings. The van der Waals surface area contributed by atoms with Gasteiger partial charge in [0.1, 0.15) is 5.25 Å². The number of hydrogen-bond donors (Lipinski definition) is 1. The summed E-state index contributed by atoms with van der Waals surface area (Å²) < 4.78 is 24.9. The molecule has 1 aliphatic carbocycles. The average Bonchev–Trinajstić information content (AvgIpc) is 3.11. The SMILES string of the molecule is CCS(=O)(=O)C1C(c2ccc(Br)cc2)C1(C#N)C(=O)O. The Morgan fingerprint density at radius 1 is 1.45 bits per heavy atom. The zero-order valence-electron chi connectivity index (χ0n) is 10.6. The molecule has 0 bridgehead atoms. The molecule has 0 spiro atoms. The maximum atomic E-state index is 12.1. The summed E-state index contributed by atoms with van der Waals surface area (Å²) in [6.45, 7) is 1.45. The number of benzene rings is 1. The Hall–Kier alpha value is -1.39. The molecule has 7 heteroatoms. The minimum atomic E-state index is -3.61. The third kappa shape index (κ3) is 2.03. The lowest BCUT2D eigenvalue weighted by Gasteiger charge is -2.02. The van der Waals surface area contributed by atoms with Crippen molar-refractivity contribution in [1.29, 1.82) is 5.26 Å². The Morgan fingerprint density at radius 3 is 2.40 bits per heavy atom. The fourth-order valence-electron chi connectivity index (χ4n) is 2.57. The predicted molar refractivity (Wildman–Crippen MR) is 75.8 cm³/mol. The maximum absolute atomic E-state index is 12.1. The molecule has 3 unspecified atom stereocenters. The molecule has 5 nitrogen and oxygen atoms in total. The summed E-state index contributed by atoms with van der Waals surface area (Å²) in [6, 6.07) is 8.41. The van der Waals surface area contributed by atoms with Gasteiger partial charge in [0.25, 0.3) is 0 Å². The highest BCUT2D eigenvalue weighted by atomic mass is 79.9. The molecule has 1 aromatic rings. The van der Waals surface area contributed by atoms with Gasteiger partial charge in [0, 0.05) is 16.1 Å². The van der Waals surface area contributed by atoms with Gasteiger partial charge in [0.2, 0.25) is 0 Å². The van der Waals surface area contributed by atoms with Crippen molar-refractivity contribution < 1.29 is 18.3 Å². The third-order valence-electron chi connectivity index (χ3n) is 3.69. The minimum Gasteiger partial charge on any atom is -0.480 e. The molecule has 0 aliphatic heterocycles. The summed E-state index contributed by atoms with van der Waals surface area (Å²) >= 11 is 3.26. The largest absolute Gasteiger partial charge is 0.480 e. The molecule has 0 saturated heterocycles. The highest BCUT2D eigenvalue weighted by molar-refractivity contribution is 9.10. The Labute approximate surface area is 125 Å². The first-order valence-corrected chi connectivity index (χ1v) is 8.43. The van der Waals surface area contributed by atoms with Gasteiger partial charge in [-0.05, 0) is 17.7 Å². The molecule has 1 saturated carbocycles. The predicted octanol–water partition coefficient (Wildman–Crippen LogP) is 1.94. The van der Waals surface area contributed by atoms with Crippen molar-refractivity contribution in [3.8, 4) is 6.07 Å². The lowest BCUT2D eigenvalue weighted by molar-refractivity contribution is -0.141. The Kier molecular flexibility index (Phi) is 3.65. The summed E-state index contributed by atoms with van der Waals surface area (Å²) in [5.74, 6) is -2.38. The van der Waals surface area contributed by atoms with Crippen LogP contribution in [0.15, 0.2) is 28.7 Å². The number of rotatable bonds is 4. The summed E-state index contributed by atoms with van der Waals surface area (Å²) in [5, 5.41) is 17.4. The van der Waals surface area contributed by atoms with E-state index in [0.29, 0.717) is 5.56 Å².